The lowest BCUT2D eigenvalue weighted by molar-refractivity contribution is -0.511. The lowest BCUT2D eigenvalue weighted by atomic mass is 9.93. The van der Waals surface area contributed by atoms with Crippen LogP contribution in [0.1, 0.15) is 19.8 Å². The molecule has 1 unspecified atom stereocenters. The maximum atomic E-state index is 9.23. The van der Waals surface area contributed by atoms with Gasteiger partial charge in [0.2, 0.25) is 5.79 Å². The van der Waals surface area contributed by atoms with Gasteiger partial charge in [0.05, 0.1) is 6.04 Å². The summed E-state index contributed by atoms with van der Waals surface area (Å²) in [4.78, 5) is 0. The SMILES string of the molecule is CCCC(N)C(O)(O)C(O)(O)C(O)(O)O. The van der Waals surface area contributed by atoms with Gasteiger partial charge in [-0.25, -0.2) is 0 Å². The standard InChI is InChI=1S/C7H17NO7/c1-2-3-4(8)5(9,10)6(11,12)7(13,14)15/h4,9-15H,2-3,8H2,1H3. The van der Waals surface area contributed by atoms with Crippen LogP contribution >= 0.6 is 0 Å². The fourth-order valence-electron chi connectivity index (χ4n) is 1.02. The van der Waals surface area contributed by atoms with Crippen molar-refractivity contribution < 1.29 is 35.7 Å². The van der Waals surface area contributed by atoms with Crippen molar-refractivity contribution in [3.05, 3.63) is 0 Å². The molecule has 8 heteroatoms. The molecule has 15 heavy (non-hydrogen) atoms. The highest BCUT2D eigenvalue weighted by atomic mass is 16.7. The van der Waals surface area contributed by atoms with Crippen molar-refractivity contribution in [2.24, 2.45) is 5.73 Å². The molecule has 0 aromatic carbocycles. The van der Waals surface area contributed by atoms with E-state index in [1.807, 2.05) is 0 Å². The minimum absolute atomic E-state index is 0.0358. The summed E-state index contributed by atoms with van der Waals surface area (Å²) in [5.41, 5.74) is 5.19. The molecule has 0 bridgehead atoms. The first-order chi connectivity index (χ1) is 6.48. The lowest BCUT2D eigenvalue weighted by Crippen LogP contribution is -2.73. The topological polar surface area (TPSA) is 168 Å². The first kappa shape index (κ1) is 14.7. The number of hydrogen-bond acceptors (Lipinski definition) is 8. The third kappa shape index (κ3) is 2.62. The summed E-state index contributed by atoms with van der Waals surface area (Å²) in [5.74, 6) is -11.6. The summed E-state index contributed by atoms with van der Waals surface area (Å²) in [7, 11) is 0. The minimum atomic E-state index is -4.11. The normalized spacial score (nSPS) is 16.6. The van der Waals surface area contributed by atoms with E-state index in [9.17, 15) is 10.2 Å². The van der Waals surface area contributed by atoms with Gasteiger partial charge in [0.1, 0.15) is 0 Å². The van der Waals surface area contributed by atoms with Gasteiger partial charge in [-0.2, -0.15) is 0 Å². The van der Waals surface area contributed by atoms with E-state index in [1.165, 1.54) is 0 Å². The monoisotopic (exact) mass is 227 g/mol. The molecular formula is C7H17NO7. The molecule has 0 fully saturated rings. The van der Waals surface area contributed by atoms with E-state index in [4.69, 9.17) is 31.3 Å². The third-order valence-electron chi connectivity index (χ3n) is 2.10. The molecular weight excluding hydrogens is 210 g/mol. The van der Waals surface area contributed by atoms with E-state index in [2.05, 4.69) is 0 Å². The highest BCUT2D eigenvalue weighted by molar-refractivity contribution is 4.94. The quantitative estimate of drug-likeness (QED) is 0.220. The molecule has 0 amide bonds. The van der Waals surface area contributed by atoms with Crippen LogP contribution in [0.15, 0.2) is 0 Å². The van der Waals surface area contributed by atoms with Crippen molar-refractivity contribution in [3.63, 3.8) is 0 Å². The van der Waals surface area contributed by atoms with Gasteiger partial charge in [0.25, 0.3) is 0 Å². The largest absolute Gasteiger partial charge is 0.360 e. The van der Waals surface area contributed by atoms with E-state index < -0.39 is 23.6 Å². The maximum absolute atomic E-state index is 9.23. The summed E-state index contributed by atoms with van der Waals surface area (Å²) < 4.78 is 0. The summed E-state index contributed by atoms with van der Waals surface area (Å²) in [6.45, 7) is 1.64. The summed E-state index contributed by atoms with van der Waals surface area (Å²) in [5, 5.41) is 62.1. The Hall–Kier alpha value is -0.320. The Labute approximate surface area is 85.8 Å². The second-order valence-corrected chi connectivity index (χ2v) is 3.43. The Kier molecular flexibility index (Phi) is 4.18. The van der Waals surface area contributed by atoms with Gasteiger partial charge in [-0.1, -0.05) is 13.3 Å². The van der Waals surface area contributed by atoms with Crippen LogP contribution in [-0.2, 0) is 0 Å². The fraction of sp³-hybridized carbons (Fsp3) is 1.00. The molecule has 0 aromatic rings. The Morgan fingerprint density at radius 2 is 1.40 bits per heavy atom. The Bertz CT molecular complexity index is 210. The van der Waals surface area contributed by atoms with Gasteiger partial charge in [-0.3, -0.25) is 0 Å². The van der Waals surface area contributed by atoms with E-state index in [1.54, 1.807) is 6.92 Å². The van der Waals surface area contributed by atoms with Crippen LogP contribution in [0.2, 0.25) is 0 Å². The average Bonchev–Trinajstić information content (AvgIpc) is 2.02. The molecule has 0 rings (SSSR count). The van der Waals surface area contributed by atoms with Gasteiger partial charge in [-0.05, 0) is 6.42 Å². The average molecular weight is 227 g/mol. The predicted molar refractivity (Wildman–Crippen MR) is 46.6 cm³/mol. The zero-order chi connectivity index (χ0) is 12.5. The molecule has 0 heterocycles. The van der Waals surface area contributed by atoms with Gasteiger partial charge < -0.3 is 41.5 Å². The van der Waals surface area contributed by atoms with Crippen LogP contribution in [0, 0.1) is 0 Å². The first-order valence-corrected chi connectivity index (χ1v) is 4.30. The Morgan fingerprint density at radius 3 is 1.67 bits per heavy atom. The van der Waals surface area contributed by atoms with Crippen LogP contribution in [0.4, 0.5) is 0 Å². The van der Waals surface area contributed by atoms with Gasteiger partial charge in [-0.15, -0.1) is 0 Å². The van der Waals surface area contributed by atoms with E-state index in [0.717, 1.165) is 0 Å². The molecule has 8 nitrogen and oxygen atoms in total. The summed E-state index contributed by atoms with van der Waals surface area (Å²) in [6, 6.07) is -1.58. The van der Waals surface area contributed by atoms with Gasteiger partial charge in [0.15, 0.2) is 0 Å². The van der Waals surface area contributed by atoms with Crippen LogP contribution in [0.5, 0.6) is 0 Å². The first-order valence-electron chi connectivity index (χ1n) is 4.30. The molecule has 0 aliphatic rings. The molecule has 0 saturated heterocycles. The van der Waals surface area contributed by atoms with Gasteiger partial charge in [0, 0.05) is 0 Å². The van der Waals surface area contributed by atoms with Crippen LogP contribution < -0.4 is 5.73 Å². The van der Waals surface area contributed by atoms with E-state index in [0.29, 0.717) is 6.42 Å². The zero-order valence-electron chi connectivity index (χ0n) is 8.20. The lowest BCUT2D eigenvalue weighted by Gasteiger charge is -2.42. The zero-order valence-corrected chi connectivity index (χ0v) is 8.20. The highest BCUT2D eigenvalue weighted by Gasteiger charge is 2.63. The molecule has 92 valence electrons. The molecule has 0 aliphatic carbocycles. The second kappa shape index (κ2) is 4.28. The molecule has 0 spiro atoms. The summed E-state index contributed by atoms with van der Waals surface area (Å²) in [6.07, 6.45) is 0.349. The van der Waals surface area contributed by atoms with E-state index in [-0.39, 0.29) is 6.42 Å². The molecule has 0 aromatic heterocycles. The molecule has 9 N–H and O–H groups in total. The van der Waals surface area contributed by atoms with Crippen molar-refractivity contribution in [2.45, 2.75) is 43.4 Å². The number of aliphatic hydroxyl groups is 7. The predicted octanol–water partition coefficient (Wildman–Crippen LogP) is -3.89. The summed E-state index contributed by atoms with van der Waals surface area (Å²) >= 11 is 0. The number of nitrogens with two attached hydrogens (primary N) is 1. The Morgan fingerprint density at radius 1 is 1.00 bits per heavy atom. The van der Waals surface area contributed by atoms with Crippen molar-refractivity contribution in [1.29, 1.82) is 0 Å². The smallest absolute Gasteiger partial charge is 0.338 e. The Balaban J connectivity index is 5.00. The van der Waals surface area contributed by atoms with Gasteiger partial charge >= 0.3 is 11.8 Å². The second-order valence-electron chi connectivity index (χ2n) is 3.43. The highest BCUT2D eigenvalue weighted by Crippen LogP contribution is 2.29. The number of hydrogen-bond donors (Lipinski definition) is 8. The minimum Gasteiger partial charge on any atom is -0.360 e. The third-order valence-corrected chi connectivity index (χ3v) is 2.10. The van der Waals surface area contributed by atoms with Crippen molar-refractivity contribution >= 4 is 0 Å². The molecule has 0 radical (unpaired) electrons. The molecule has 0 saturated carbocycles. The van der Waals surface area contributed by atoms with Crippen molar-refractivity contribution in [2.75, 3.05) is 0 Å². The molecule has 1 atom stereocenters. The van der Waals surface area contributed by atoms with Crippen LogP contribution in [-0.4, -0.2) is 59.3 Å². The van der Waals surface area contributed by atoms with E-state index >= 15 is 0 Å². The van der Waals surface area contributed by atoms with Crippen molar-refractivity contribution in [3.8, 4) is 0 Å². The van der Waals surface area contributed by atoms with Crippen molar-refractivity contribution in [1.82, 2.24) is 0 Å². The molecule has 0 aliphatic heterocycles. The number of rotatable bonds is 5. The van der Waals surface area contributed by atoms with Crippen LogP contribution in [0.3, 0.4) is 0 Å². The van der Waals surface area contributed by atoms with Crippen LogP contribution in [0.25, 0.3) is 0 Å². The maximum Gasteiger partial charge on any atom is 0.338 e. The fourth-order valence-corrected chi connectivity index (χ4v) is 1.02.